The average molecular weight is 375 g/mol. The smallest absolute Gasteiger partial charge is 0.219 e. The topological polar surface area (TPSA) is 63.2 Å². The molecule has 3 aromatic rings. The maximum Gasteiger partial charge on any atom is 0.219 e. The Morgan fingerprint density at radius 2 is 1.93 bits per heavy atom. The van der Waals surface area contributed by atoms with Crippen LogP contribution in [0, 0.1) is 5.92 Å². The molecule has 5 heteroatoms. The summed E-state index contributed by atoms with van der Waals surface area (Å²) in [6, 6.07) is 18.1. The van der Waals surface area contributed by atoms with Crippen molar-refractivity contribution in [2.45, 2.75) is 26.2 Å². The lowest BCUT2D eigenvalue weighted by Crippen LogP contribution is -2.22. The molecule has 28 heavy (non-hydrogen) atoms. The number of rotatable bonds is 8. The third kappa shape index (κ3) is 5.00. The predicted octanol–water partition coefficient (Wildman–Crippen LogP) is 4.53. The standard InChI is InChI=1S/C23H25N3O2/c1-16(27)24-13-12-17-4-10-22-19(14-17)5-11-23(26-22)28-21-8-6-20(7-9-21)25-15-18-2-3-18/h4-11,14,18,25H,2-3,12-13,15H2,1H3,(H,24,27). The summed E-state index contributed by atoms with van der Waals surface area (Å²) in [6.07, 6.45) is 3.49. The summed E-state index contributed by atoms with van der Waals surface area (Å²) in [5, 5.41) is 7.34. The van der Waals surface area contributed by atoms with E-state index in [4.69, 9.17) is 4.74 Å². The second kappa shape index (κ2) is 8.30. The number of hydrogen-bond donors (Lipinski definition) is 2. The normalized spacial score (nSPS) is 13.3. The molecule has 1 aliphatic carbocycles. The van der Waals surface area contributed by atoms with E-state index in [1.165, 1.54) is 25.3 Å². The van der Waals surface area contributed by atoms with Crippen LogP contribution in [0.5, 0.6) is 11.6 Å². The zero-order chi connectivity index (χ0) is 19.3. The fourth-order valence-electron chi connectivity index (χ4n) is 3.10. The number of nitrogens with zero attached hydrogens (tertiary/aromatic N) is 1. The van der Waals surface area contributed by atoms with Crippen molar-refractivity contribution < 1.29 is 9.53 Å². The molecule has 1 amide bonds. The van der Waals surface area contributed by atoms with Gasteiger partial charge in [-0.05, 0) is 73.2 Å². The first kappa shape index (κ1) is 18.3. The maximum atomic E-state index is 11.0. The lowest BCUT2D eigenvalue weighted by atomic mass is 10.1. The zero-order valence-electron chi connectivity index (χ0n) is 16.1. The Hall–Kier alpha value is -3.08. The molecule has 1 aliphatic rings. The Labute approximate surface area is 165 Å². The molecule has 0 atom stereocenters. The number of pyridine rings is 1. The molecule has 1 fully saturated rings. The number of hydrogen-bond acceptors (Lipinski definition) is 4. The van der Waals surface area contributed by atoms with E-state index in [1.807, 2.05) is 48.5 Å². The van der Waals surface area contributed by atoms with Crippen LogP contribution in [0.1, 0.15) is 25.3 Å². The highest BCUT2D eigenvalue weighted by Gasteiger charge is 2.20. The van der Waals surface area contributed by atoms with Crippen molar-refractivity contribution in [3.63, 3.8) is 0 Å². The van der Waals surface area contributed by atoms with E-state index in [0.29, 0.717) is 12.4 Å². The Kier molecular flexibility index (Phi) is 5.42. The first-order chi connectivity index (χ1) is 13.7. The molecule has 0 unspecified atom stereocenters. The summed E-state index contributed by atoms with van der Waals surface area (Å²) in [6.45, 7) is 3.23. The van der Waals surface area contributed by atoms with Crippen LogP contribution in [0.2, 0.25) is 0 Å². The second-order valence-electron chi connectivity index (χ2n) is 7.36. The van der Waals surface area contributed by atoms with Gasteiger partial charge in [-0.3, -0.25) is 4.79 Å². The summed E-state index contributed by atoms with van der Waals surface area (Å²) in [4.78, 5) is 15.6. The highest BCUT2D eigenvalue weighted by atomic mass is 16.5. The lowest BCUT2D eigenvalue weighted by molar-refractivity contribution is -0.118. The van der Waals surface area contributed by atoms with Gasteiger partial charge in [0.2, 0.25) is 11.8 Å². The second-order valence-corrected chi connectivity index (χ2v) is 7.36. The molecule has 2 N–H and O–H groups in total. The SMILES string of the molecule is CC(=O)NCCc1ccc2nc(Oc3ccc(NCC4CC4)cc3)ccc2c1. The highest BCUT2D eigenvalue weighted by Crippen LogP contribution is 2.29. The number of fused-ring (bicyclic) bond motifs is 1. The minimum atomic E-state index is -0.00373. The van der Waals surface area contributed by atoms with Gasteiger partial charge >= 0.3 is 0 Å². The van der Waals surface area contributed by atoms with Gasteiger partial charge in [-0.2, -0.15) is 0 Å². The molecule has 1 aromatic heterocycles. The van der Waals surface area contributed by atoms with Crippen molar-refractivity contribution in [3.8, 4) is 11.6 Å². The van der Waals surface area contributed by atoms with Crippen molar-refractivity contribution in [1.29, 1.82) is 0 Å². The summed E-state index contributed by atoms with van der Waals surface area (Å²) in [5.74, 6) is 2.20. The van der Waals surface area contributed by atoms with Crippen LogP contribution in [0.25, 0.3) is 10.9 Å². The van der Waals surface area contributed by atoms with E-state index in [-0.39, 0.29) is 5.91 Å². The molecule has 1 saturated carbocycles. The van der Waals surface area contributed by atoms with Crippen LogP contribution in [-0.2, 0) is 11.2 Å². The van der Waals surface area contributed by atoms with Crippen molar-refractivity contribution in [1.82, 2.24) is 10.3 Å². The summed E-state index contributed by atoms with van der Waals surface area (Å²) >= 11 is 0. The Balaban J connectivity index is 1.38. The highest BCUT2D eigenvalue weighted by molar-refractivity contribution is 5.80. The molecule has 0 aliphatic heterocycles. The number of aromatic nitrogens is 1. The summed E-state index contributed by atoms with van der Waals surface area (Å²) in [5.41, 5.74) is 3.19. The van der Waals surface area contributed by atoms with Gasteiger partial charge in [-0.15, -0.1) is 0 Å². The first-order valence-electron chi connectivity index (χ1n) is 9.82. The molecule has 5 nitrogen and oxygen atoms in total. The molecule has 144 valence electrons. The van der Waals surface area contributed by atoms with Gasteiger partial charge in [0.15, 0.2) is 0 Å². The van der Waals surface area contributed by atoms with Gasteiger partial charge < -0.3 is 15.4 Å². The van der Waals surface area contributed by atoms with Crippen molar-refractivity contribution in [2.24, 2.45) is 5.92 Å². The number of ether oxygens (including phenoxy) is 1. The minimum Gasteiger partial charge on any atom is -0.439 e. The number of benzene rings is 2. The van der Waals surface area contributed by atoms with Crippen molar-refractivity contribution in [3.05, 3.63) is 60.2 Å². The first-order valence-corrected chi connectivity index (χ1v) is 9.82. The van der Waals surface area contributed by atoms with E-state index >= 15 is 0 Å². The zero-order valence-corrected chi connectivity index (χ0v) is 16.1. The van der Waals surface area contributed by atoms with Gasteiger partial charge in [0.05, 0.1) is 5.52 Å². The quantitative estimate of drug-likeness (QED) is 0.607. The molecule has 0 saturated heterocycles. The molecular weight excluding hydrogens is 350 g/mol. The average Bonchev–Trinajstić information content (AvgIpc) is 3.52. The van der Waals surface area contributed by atoms with Gasteiger partial charge in [0, 0.05) is 37.2 Å². The molecule has 0 radical (unpaired) electrons. The third-order valence-electron chi connectivity index (χ3n) is 4.88. The Morgan fingerprint density at radius 3 is 2.68 bits per heavy atom. The summed E-state index contributed by atoms with van der Waals surface area (Å²) < 4.78 is 5.91. The van der Waals surface area contributed by atoms with Crippen LogP contribution in [0.3, 0.4) is 0 Å². The van der Waals surface area contributed by atoms with Crippen LogP contribution in [-0.4, -0.2) is 24.0 Å². The fourth-order valence-corrected chi connectivity index (χ4v) is 3.10. The lowest BCUT2D eigenvalue weighted by Gasteiger charge is -2.09. The van der Waals surface area contributed by atoms with E-state index in [1.54, 1.807) is 0 Å². The third-order valence-corrected chi connectivity index (χ3v) is 4.88. The number of carbonyl (C=O) groups is 1. The Morgan fingerprint density at radius 1 is 1.11 bits per heavy atom. The molecule has 2 aromatic carbocycles. The van der Waals surface area contributed by atoms with E-state index in [0.717, 1.165) is 41.2 Å². The van der Waals surface area contributed by atoms with Crippen molar-refractivity contribution >= 4 is 22.5 Å². The molecule has 0 bridgehead atoms. The van der Waals surface area contributed by atoms with Gasteiger partial charge in [0.1, 0.15) is 5.75 Å². The Bertz CT molecular complexity index is 965. The maximum absolute atomic E-state index is 11.0. The monoisotopic (exact) mass is 375 g/mol. The predicted molar refractivity (Wildman–Crippen MR) is 112 cm³/mol. The number of amides is 1. The van der Waals surface area contributed by atoms with Gasteiger partial charge in [-0.1, -0.05) is 6.07 Å². The van der Waals surface area contributed by atoms with Crippen molar-refractivity contribution in [2.75, 3.05) is 18.4 Å². The fraction of sp³-hybridized carbons (Fsp3) is 0.304. The van der Waals surface area contributed by atoms with E-state index in [2.05, 4.69) is 21.7 Å². The van der Waals surface area contributed by atoms with E-state index in [9.17, 15) is 4.79 Å². The van der Waals surface area contributed by atoms with Crippen LogP contribution < -0.4 is 15.4 Å². The largest absolute Gasteiger partial charge is 0.439 e. The summed E-state index contributed by atoms with van der Waals surface area (Å²) in [7, 11) is 0. The van der Waals surface area contributed by atoms with Gasteiger partial charge in [-0.25, -0.2) is 4.98 Å². The number of carbonyl (C=O) groups excluding carboxylic acids is 1. The molecule has 0 spiro atoms. The molecule has 4 rings (SSSR count). The molecular formula is C23H25N3O2. The molecule has 1 heterocycles. The minimum absolute atomic E-state index is 0.00373. The number of nitrogens with one attached hydrogen (secondary N) is 2. The van der Waals surface area contributed by atoms with Gasteiger partial charge in [0.25, 0.3) is 0 Å². The van der Waals surface area contributed by atoms with E-state index < -0.39 is 0 Å². The van der Waals surface area contributed by atoms with Crippen LogP contribution in [0.4, 0.5) is 5.69 Å². The van der Waals surface area contributed by atoms with Crippen LogP contribution >= 0.6 is 0 Å². The van der Waals surface area contributed by atoms with Crippen LogP contribution in [0.15, 0.2) is 54.6 Å². The number of anilines is 1.